The Balaban J connectivity index is 2.34. The highest BCUT2D eigenvalue weighted by atomic mass is 15.3. The summed E-state index contributed by atoms with van der Waals surface area (Å²) in [6.45, 7) is 7.81. The van der Waals surface area contributed by atoms with Crippen molar-refractivity contribution in [2.24, 2.45) is 0 Å². The van der Waals surface area contributed by atoms with Crippen LogP contribution < -0.4 is 10.2 Å². The minimum atomic E-state index is 0.484. The highest BCUT2D eigenvalue weighted by Crippen LogP contribution is 2.27. The van der Waals surface area contributed by atoms with Crippen LogP contribution in [0.2, 0.25) is 0 Å². The van der Waals surface area contributed by atoms with Crippen LogP contribution in [-0.2, 0) is 6.42 Å². The quantitative estimate of drug-likeness (QED) is 0.912. The van der Waals surface area contributed by atoms with Gasteiger partial charge in [0.25, 0.3) is 0 Å². The zero-order valence-electron chi connectivity index (χ0n) is 13.2. The van der Waals surface area contributed by atoms with Gasteiger partial charge in [0.1, 0.15) is 18.0 Å². The summed E-state index contributed by atoms with van der Waals surface area (Å²) in [6.07, 6.45) is 5.00. The number of nitrogens with zero attached hydrogens (tertiary/aromatic N) is 4. The summed E-state index contributed by atoms with van der Waals surface area (Å²) < 4.78 is 0. The first-order chi connectivity index (χ1) is 9.67. The lowest BCUT2D eigenvalue weighted by Gasteiger charge is -2.31. The minimum absolute atomic E-state index is 0.484. The lowest BCUT2D eigenvalue weighted by Crippen LogP contribution is -2.39. The summed E-state index contributed by atoms with van der Waals surface area (Å²) in [6, 6.07) is 0.484. The van der Waals surface area contributed by atoms with Crippen molar-refractivity contribution in [2.45, 2.75) is 39.2 Å². The van der Waals surface area contributed by atoms with Gasteiger partial charge >= 0.3 is 0 Å². The van der Waals surface area contributed by atoms with E-state index in [4.69, 9.17) is 0 Å². The summed E-state index contributed by atoms with van der Waals surface area (Å²) in [5.41, 5.74) is 1.26. The van der Waals surface area contributed by atoms with Crippen molar-refractivity contribution in [3.8, 4) is 0 Å². The van der Waals surface area contributed by atoms with Gasteiger partial charge < -0.3 is 15.1 Å². The smallest absolute Gasteiger partial charge is 0.137 e. The molecule has 0 aromatic carbocycles. The van der Waals surface area contributed by atoms with E-state index in [0.717, 1.165) is 44.1 Å². The molecular weight excluding hydrogens is 250 g/mol. The Hall–Kier alpha value is -1.36. The van der Waals surface area contributed by atoms with E-state index in [9.17, 15) is 0 Å². The van der Waals surface area contributed by atoms with Crippen molar-refractivity contribution >= 4 is 11.6 Å². The van der Waals surface area contributed by atoms with Gasteiger partial charge in [0.05, 0.1) is 0 Å². The maximum atomic E-state index is 4.60. The molecule has 20 heavy (non-hydrogen) atoms. The molecule has 2 heterocycles. The Kier molecular flexibility index (Phi) is 5.17. The number of likely N-dealkylation sites (N-methyl/N-ethyl adjacent to an activating group) is 1. The van der Waals surface area contributed by atoms with E-state index in [1.807, 2.05) is 7.05 Å². The molecule has 5 nitrogen and oxygen atoms in total. The van der Waals surface area contributed by atoms with Gasteiger partial charge in [-0.15, -0.1) is 0 Å². The predicted molar refractivity (Wildman–Crippen MR) is 84.5 cm³/mol. The molecule has 0 radical (unpaired) electrons. The van der Waals surface area contributed by atoms with E-state index in [2.05, 4.69) is 46.0 Å². The van der Waals surface area contributed by atoms with Gasteiger partial charge in [0.2, 0.25) is 0 Å². The molecule has 0 amide bonds. The number of hydrogen-bond donors (Lipinski definition) is 1. The van der Waals surface area contributed by atoms with Crippen LogP contribution in [0.3, 0.4) is 0 Å². The second-order valence-corrected chi connectivity index (χ2v) is 5.68. The van der Waals surface area contributed by atoms with E-state index in [1.54, 1.807) is 6.33 Å². The van der Waals surface area contributed by atoms with Crippen molar-refractivity contribution in [2.75, 3.05) is 43.9 Å². The molecule has 112 valence electrons. The largest absolute Gasteiger partial charge is 0.373 e. The van der Waals surface area contributed by atoms with Crippen LogP contribution in [0.25, 0.3) is 0 Å². The zero-order valence-corrected chi connectivity index (χ0v) is 13.2. The van der Waals surface area contributed by atoms with Crippen LogP contribution in [0, 0.1) is 0 Å². The Morgan fingerprint density at radius 1 is 1.35 bits per heavy atom. The Morgan fingerprint density at radius 3 is 2.85 bits per heavy atom. The molecule has 2 rings (SSSR count). The molecule has 1 N–H and O–H groups in total. The van der Waals surface area contributed by atoms with Gasteiger partial charge in [-0.1, -0.05) is 13.3 Å². The SMILES string of the molecule is CCCc1c(NC)ncnc1N1CCCN(C)CC1C. The second kappa shape index (κ2) is 6.88. The maximum Gasteiger partial charge on any atom is 0.137 e. The molecule has 0 saturated carbocycles. The molecule has 0 aliphatic carbocycles. The molecular formula is C15H27N5. The molecule has 1 aromatic rings. The first-order valence-corrected chi connectivity index (χ1v) is 7.64. The molecule has 0 bridgehead atoms. The summed E-state index contributed by atoms with van der Waals surface area (Å²) >= 11 is 0. The van der Waals surface area contributed by atoms with E-state index >= 15 is 0 Å². The van der Waals surface area contributed by atoms with Gasteiger partial charge in [0, 0.05) is 31.7 Å². The first-order valence-electron chi connectivity index (χ1n) is 7.64. The Bertz CT molecular complexity index is 434. The lowest BCUT2D eigenvalue weighted by atomic mass is 10.1. The minimum Gasteiger partial charge on any atom is -0.373 e. The molecule has 0 spiro atoms. The fourth-order valence-electron chi connectivity index (χ4n) is 3.03. The Labute approximate surface area is 122 Å². The van der Waals surface area contributed by atoms with Crippen LogP contribution in [-0.4, -0.2) is 54.6 Å². The van der Waals surface area contributed by atoms with Crippen molar-refractivity contribution < 1.29 is 0 Å². The number of rotatable bonds is 4. The van der Waals surface area contributed by atoms with Crippen LogP contribution in [0.4, 0.5) is 11.6 Å². The van der Waals surface area contributed by atoms with E-state index in [1.165, 1.54) is 12.0 Å². The molecule has 1 aliphatic heterocycles. The van der Waals surface area contributed by atoms with Gasteiger partial charge in [-0.05, 0) is 33.4 Å². The number of nitrogens with one attached hydrogen (secondary N) is 1. The maximum absolute atomic E-state index is 4.60. The first kappa shape index (κ1) is 15.0. The molecule has 5 heteroatoms. The van der Waals surface area contributed by atoms with E-state index in [0.29, 0.717) is 6.04 Å². The number of hydrogen-bond acceptors (Lipinski definition) is 5. The van der Waals surface area contributed by atoms with Crippen LogP contribution in [0.15, 0.2) is 6.33 Å². The highest BCUT2D eigenvalue weighted by molar-refractivity contribution is 5.59. The standard InChI is InChI=1S/C15H27N5/c1-5-7-13-14(16-3)17-11-18-15(13)20-9-6-8-19(4)10-12(20)2/h11-12H,5-10H2,1-4H3,(H,16,17,18). The molecule has 1 aromatic heterocycles. The van der Waals surface area contributed by atoms with Crippen molar-refractivity contribution in [1.82, 2.24) is 14.9 Å². The second-order valence-electron chi connectivity index (χ2n) is 5.68. The monoisotopic (exact) mass is 277 g/mol. The fraction of sp³-hybridized carbons (Fsp3) is 0.733. The Morgan fingerprint density at radius 2 is 2.15 bits per heavy atom. The topological polar surface area (TPSA) is 44.3 Å². The summed E-state index contributed by atoms with van der Waals surface area (Å²) in [4.78, 5) is 13.8. The summed E-state index contributed by atoms with van der Waals surface area (Å²) in [7, 11) is 4.14. The zero-order chi connectivity index (χ0) is 14.5. The summed E-state index contributed by atoms with van der Waals surface area (Å²) in [5, 5.41) is 3.21. The van der Waals surface area contributed by atoms with E-state index < -0.39 is 0 Å². The molecule has 1 aliphatic rings. The summed E-state index contributed by atoms with van der Waals surface area (Å²) in [5.74, 6) is 2.09. The average Bonchev–Trinajstić information content (AvgIpc) is 2.60. The predicted octanol–water partition coefficient (Wildman–Crippen LogP) is 2.00. The van der Waals surface area contributed by atoms with Gasteiger partial charge in [-0.25, -0.2) is 9.97 Å². The normalized spacial score (nSPS) is 20.8. The van der Waals surface area contributed by atoms with Crippen molar-refractivity contribution in [3.63, 3.8) is 0 Å². The van der Waals surface area contributed by atoms with Crippen LogP contribution in [0.5, 0.6) is 0 Å². The third-order valence-electron chi connectivity index (χ3n) is 3.98. The van der Waals surface area contributed by atoms with Crippen molar-refractivity contribution in [1.29, 1.82) is 0 Å². The average molecular weight is 277 g/mol. The third-order valence-corrected chi connectivity index (χ3v) is 3.98. The van der Waals surface area contributed by atoms with Crippen molar-refractivity contribution in [3.05, 3.63) is 11.9 Å². The number of anilines is 2. The van der Waals surface area contributed by atoms with Gasteiger partial charge in [-0.3, -0.25) is 0 Å². The molecule has 1 atom stereocenters. The van der Waals surface area contributed by atoms with Gasteiger partial charge in [-0.2, -0.15) is 0 Å². The lowest BCUT2D eigenvalue weighted by molar-refractivity contribution is 0.337. The van der Waals surface area contributed by atoms with Crippen LogP contribution in [0.1, 0.15) is 32.3 Å². The fourth-order valence-corrected chi connectivity index (χ4v) is 3.03. The highest BCUT2D eigenvalue weighted by Gasteiger charge is 2.24. The molecule has 1 saturated heterocycles. The molecule has 1 fully saturated rings. The molecule has 1 unspecified atom stereocenters. The van der Waals surface area contributed by atoms with Crippen LogP contribution >= 0.6 is 0 Å². The third kappa shape index (κ3) is 3.20. The van der Waals surface area contributed by atoms with E-state index in [-0.39, 0.29) is 0 Å². The number of aromatic nitrogens is 2. The van der Waals surface area contributed by atoms with Gasteiger partial charge in [0.15, 0.2) is 0 Å².